The van der Waals surface area contributed by atoms with Crippen LogP contribution >= 0.6 is 0 Å². The van der Waals surface area contributed by atoms with Crippen molar-refractivity contribution in [2.24, 2.45) is 0 Å². The van der Waals surface area contributed by atoms with Gasteiger partial charge in [-0.1, -0.05) is 6.07 Å². The topological polar surface area (TPSA) is 70.7 Å². The van der Waals surface area contributed by atoms with E-state index in [9.17, 15) is 9.59 Å². The van der Waals surface area contributed by atoms with Gasteiger partial charge in [-0.3, -0.25) is 9.59 Å². The number of amides is 2. The molecule has 0 saturated carbocycles. The van der Waals surface area contributed by atoms with E-state index in [0.717, 1.165) is 24.3 Å². The molecule has 27 heavy (non-hydrogen) atoms. The summed E-state index contributed by atoms with van der Waals surface area (Å²) in [6.07, 6.45) is 3.47. The highest BCUT2D eigenvalue weighted by Crippen LogP contribution is 2.29. The second-order valence-electron chi connectivity index (χ2n) is 6.96. The number of nitrogens with zero attached hydrogens (tertiary/aromatic N) is 1. The molecule has 2 N–H and O–H groups in total. The molecule has 0 atom stereocenters. The molecule has 0 spiro atoms. The summed E-state index contributed by atoms with van der Waals surface area (Å²) in [5.74, 6) is 0.484. The van der Waals surface area contributed by atoms with Gasteiger partial charge in [-0.2, -0.15) is 0 Å². The van der Waals surface area contributed by atoms with Crippen molar-refractivity contribution in [1.82, 2.24) is 0 Å². The number of fused-ring (bicyclic) bond motifs is 1. The lowest BCUT2D eigenvalue weighted by Gasteiger charge is -2.18. The second kappa shape index (κ2) is 7.70. The van der Waals surface area contributed by atoms with Crippen molar-refractivity contribution in [2.45, 2.75) is 25.7 Å². The van der Waals surface area contributed by atoms with Gasteiger partial charge in [-0.15, -0.1) is 0 Å². The van der Waals surface area contributed by atoms with Crippen LogP contribution in [0.3, 0.4) is 0 Å². The molecule has 0 aliphatic carbocycles. The normalized spacial score (nSPS) is 15.7. The molecule has 140 valence electrons. The Morgan fingerprint density at radius 2 is 1.89 bits per heavy atom. The summed E-state index contributed by atoms with van der Waals surface area (Å²) >= 11 is 0. The molecule has 0 unspecified atom stereocenters. The molecule has 0 bridgehead atoms. The van der Waals surface area contributed by atoms with Crippen LogP contribution in [0.15, 0.2) is 42.5 Å². The molecule has 2 aliphatic rings. The summed E-state index contributed by atoms with van der Waals surface area (Å²) < 4.78 is 5.35. The van der Waals surface area contributed by atoms with E-state index >= 15 is 0 Å². The quantitative estimate of drug-likeness (QED) is 0.854. The number of hydrogen-bond acceptors (Lipinski definition) is 4. The molecule has 6 heteroatoms. The van der Waals surface area contributed by atoms with Crippen LogP contribution in [-0.2, 0) is 16.0 Å². The average Bonchev–Trinajstić information content (AvgIpc) is 3.21. The Balaban J connectivity index is 1.30. The minimum atomic E-state index is -0.158. The number of rotatable bonds is 5. The Morgan fingerprint density at radius 3 is 2.67 bits per heavy atom. The smallest absolute Gasteiger partial charge is 0.262 e. The van der Waals surface area contributed by atoms with Crippen LogP contribution in [0.1, 0.15) is 24.8 Å². The monoisotopic (exact) mass is 365 g/mol. The van der Waals surface area contributed by atoms with Crippen molar-refractivity contribution in [3.8, 4) is 5.75 Å². The van der Waals surface area contributed by atoms with Crippen LogP contribution < -0.4 is 20.3 Å². The summed E-state index contributed by atoms with van der Waals surface area (Å²) in [5.41, 5.74) is 3.68. The highest BCUT2D eigenvalue weighted by atomic mass is 16.5. The van der Waals surface area contributed by atoms with Crippen molar-refractivity contribution >= 4 is 28.9 Å². The minimum Gasteiger partial charge on any atom is -0.482 e. The molecule has 2 aromatic rings. The van der Waals surface area contributed by atoms with Gasteiger partial charge in [0.15, 0.2) is 6.61 Å². The molecular weight excluding hydrogens is 342 g/mol. The fourth-order valence-corrected chi connectivity index (χ4v) is 3.50. The molecule has 1 fully saturated rings. The maximum Gasteiger partial charge on any atom is 0.262 e. The lowest BCUT2D eigenvalue weighted by atomic mass is 10.1. The Kier molecular flexibility index (Phi) is 4.96. The first kappa shape index (κ1) is 17.4. The van der Waals surface area contributed by atoms with Gasteiger partial charge >= 0.3 is 0 Å². The number of hydrogen-bond donors (Lipinski definition) is 2. The van der Waals surface area contributed by atoms with Gasteiger partial charge in [0.2, 0.25) is 5.91 Å². The number of carbonyl (C=O) groups is 2. The first-order chi connectivity index (χ1) is 13.2. The largest absolute Gasteiger partial charge is 0.482 e. The highest BCUT2D eigenvalue weighted by molar-refractivity contribution is 5.95. The van der Waals surface area contributed by atoms with Crippen LogP contribution in [-0.4, -0.2) is 31.5 Å². The number of anilines is 3. The van der Waals surface area contributed by atoms with E-state index in [4.69, 9.17) is 4.74 Å². The summed E-state index contributed by atoms with van der Waals surface area (Å²) in [4.78, 5) is 26.0. The molecule has 1 saturated heterocycles. The lowest BCUT2D eigenvalue weighted by molar-refractivity contribution is -0.118. The predicted octanol–water partition coefficient (Wildman–Crippen LogP) is 3.19. The van der Waals surface area contributed by atoms with Crippen molar-refractivity contribution in [3.05, 3.63) is 48.0 Å². The van der Waals surface area contributed by atoms with Gasteiger partial charge < -0.3 is 20.3 Å². The zero-order chi connectivity index (χ0) is 18.6. The average molecular weight is 365 g/mol. The third kappa shape index (κ3) is 4.22. The van der Waals surface area contributed by atoms with Crippen molar-refractivity contribution in [2.75, 3.05) is 35.2 Å². The van der Waals surface area contributed by atoms with E-state index in [0.29, 0.717) is 24.3 Å². The molecular formula is C21H23N3O3. The summed E-state index contributed by atoms with van der Waals surface area (Å²) in [6, 6.07) is 13.7. The number of ether oxygens (including phenoxy) is 1. The maximum absolute atomic E-state index is 12.3. The highest BCUT2D eigenvalue weighted by Gasteiger charge is 2.16. The van der Waals surface area contributed by atoms with Crippen LogP contribution in [0.4, 0.5) is 17.1 Å². The molecule has 2 aliphatic heterocycles. The van der Waals surface area contributed by atoms with E-state index in [1.54, 1.807) is 0 Å². The van der Waals surface area contributed by atoms with Crippen LogP contribution in [0.2, 0.25) is 0 Å². The zero-order valence-electron chi connectivity index (χ0n) is 15.2. The van der Waals surface area contributed by atoms with Crippen LogP contribution in [0.25, 0.3) is 0 Å². The van der Waals surface area contributed by atoms with E-state index in [1.165, 1.54) is 18.5 Å². The SMILES string of the molecule is O=C(CCc1ccc2c(c1)NC(=O)CO2)Nc1ccc(N2CCCC2)cc1. The Morgan fingerprint density at radius 1 is 1.11 bits per heavy atom. The van der Waals surface area contributed by atoms with Gasteiger partial charge in [-0.25, -0.2) is 0 Å². The number of nitrogens with one attached hydrogen (secondary N) is 2. The lowest BCUT2D eigenvalue weighted by Crippen LogP contribution is -2.25. The van der Waals surface area contributed by atoms with Gasteiger partial charge in [0, 0.05) is 30.9 Å². The fraction of sp³-hybridized carbons (Fsp3) is 0.333. The molecule has 0 radical (unpaired) electrons. The number of aryl methyl sites for hydroxylation is 1. The predicted molar refractivity (Wildman–Crippen MR) is 105 cm³/mol. The van der Waals surface area contributed by atoms with Crippen molar-refractivity contribution in [1.29, 1.82) is 0 Å². The second-order valence-corrected chi connectivity index (χ2v) is 6.96. The Labute approximate surface area is 158 Å². The van der Waals surface area contributed by atoms with Crippen LogP contribution in [0, 0.1) is 0 Å². The third-order valence-electron chi connectivity index (χ3n) is 4.94. The van der Waals surface area contributed by atoms with E-state index in [1.807, 2.05) is 30.3 Å². The fourth-order valence-electron chi connectivity index (χ4n) is 3.50. The van der Waals surface area contributed by atoms with Crippen molar-refractivity contribution < 1.29 is 14.3 Å². The Hall–Kier alpha value is -3.02. The van der Waals surface area contributed by atoms with E-state index in [2.05, 4.69) is 27.7 Å². The number of benzene rings is 2. The molecule has 2 heterocycles. The minimum absolute atomic E-state index is 0.0260. The first-order valence-corrected chi connectivity index (χ1v) is 9.38. The molecule has 0 aromatic heterocycles. The Bertz CT molecular complexity index is 842. The molecule has 4 rings (SSSR count). The molecule has 6 nitrogen and oxygen atoms in total. The third-order valence-corrected chi connectivity index (χ3v) is 4.94. The van der Waals surface area contributed by atoms with Gasteiger partial charge in [0.25, 0.3) is 5.91 Å². The van der Waals surface area contributed by atoms with Crippen molar-refractivity contribution in [3.63, 3.8) is 0 Å². The summed E-state index contributed by atoms with van der Waals surface area (Å²) in [5, 5.41) is 5.74. The van der Waals surface area contributed by atoms with E-state index < -0.39 is 0 Å². The van der Waals surface area contributed by atoms with Gasteiger partial charge in [-0.05, 0) is 61.2 Å². The maximum atomic E-state index is 12.3. The molecule has 2 aromatic carbocycles. The molecule has 2 amide bonds. The van der Waals surface area contributed by atoms with Gasteiger partial charge in [0.05, 0.1) is 5.69 Å². The van der Waals surface area contributed by atoms with Crippen LogP contribution in [0.5, 0.6) is 5.75 Å². The summed E-state index contributed by atoms with van der Waals surface area (Å²) in [7, 11) is 0. The zero-order valence-corrected chi connectivity index (χ0v) is 15.2. The summed E-state index contributed by atoms with van der Waals surface area (Å²) in [6.45, 7) is 2.27. The first-order valence-electron chi connectivity index (χ1n) is 9.38. The number of carbonyl (C=O) groups excluding carboxylic acids is 2. The van der Waals surface area contributed by atoms with E-state index in [-0.39, 0.29) is 18.4 Å². The van der Waals surface area contributed by atoms with Gasteiger partial charge in [0.1, 0.15) is 5.75 Å². The standard InChI is InChI=1S/C21H23N3O3/c25-20(22-16-5-7-17(8-6-16)24-11-1-2-12-24)10-4-15-3-9-19-18(13-15)23-21(26)14-27-19/h3,5-9,13H,1-2,4,10-12,14H2,(H,22,25)(H,23,26).